The van der Waals surface area contributed by atoms with Crippen LogP contribution in [0.4, 0.5) is 4.79 Å². The van der Waals surface area contributed by atoms with Crippen molar-refractivity contribution in [1.82, 2.24) is 15.5 Å². The van der Waals surface area contributed by atoms with Gasteiger partial charge in [-0.25, -0.2) is 4.79 Å². The van der Waals surface area contributed by atoms with Crippen molar-refractivity contribution in [2.24, 2.45) is 0 Å². The fourth-order valence-corrected chi connectivity index (χ4v) is 3.34. The lowest BCUT2D eigenvalue weighted by Crippen LogP contribution is -2.43. The molecule has 3 amide bonds. The van der Waals surface area contributed by atoms with Crippen molar-refractivity contribution < 1.29 is 9.59 Å². The molecule has 142 valence electrons. The van der Waals surface area contributed by atoms with Gasteiger partial charge in [0.2, 0.25) is 5.91 Å². The number of hydrogen-bond donors (Lipinski definition) is 2. The average molecular weight is 386 g/mol. The summed E-state index contributed by atoms with van der Waals surface area (Å²) in [4.78, 5) is 26.2. The SMILES string of the molecule is O=C(NCCc1ccc(Cl)cc1)NC(CN1CCCC1=O)c1ccccc1. The third-order valence-corrected chi connectivity index (χ3v) is 4.95. The molecule has 1 aliphatic heterocycles. The van der Waals surface area contributed by atoms with Gasteiger partial charge < -0.3 is 15.5 Å². The predicted octanol–water partition coefficient (Wildman–Crippen LogP) is 3.55. The second-order valence-corrected chi connectivity index (χ2v) is 7.12. The summed E-state index contributed by atoms with van der Waals surface area (Å²) in [5.41, 5.74) is 2.10. The minimum atomic E-state index is -0.233. The zero-order chi connectivity index (χ0) is 19.1. The highest BCUT2D eigenvalue weighted by Crippen LogP contribution is 2.18. The normalized spacial score (nSPS) is 14.9. The highest BCUT2D eigenvalue weighted by Gasteiger charge is 2.25. The number of halogens is 1. The predicted molar refractivity (Wildman–Crippen MR) is 107 cm³/mol. The molecule has 3 rings (SSSR count). The van der Waals surface area contributed by atoms with E-state index >= 15 is 0 Å². The maximum absolute atomic E-state index is 12.4. The van der Waals surface area contributed by atoms with Gasteiger partial charge in [-0.3, -0.25) is 4.79 Å². The molecule has 1 heterocycles. The minimum absolute atomic E-state index is 0.154. The molecular formula is C21H24ClN3O2. The molecule has 0 aliphatic carbocycles. The summed E-state index contributed by atoms with van der Waals surface area (Å²) < 4.78 is 0. The molecule has 2 aromatic carbocycles. The van der Waals surface area contributed by atoms with Crippen molar-refractivity contribution in [3.05, 3.63) is 70.7 Å². The Morgan fingerprint density at radius 1 is 1.11 bits per heavy atom. The van der Waals surface area contributed by atoms with Crippen LogP contribution in [-0.4, -0.2) is 36.5 Å². The second-order valence-electron chi connectivity index (χ2n) is 6.68. The zero-order valence-electron chi connectivity index (χ0n) is 15.2. The van der Waals surface area contributed by atoms with Gasteiger partial charge >= 0.3 is 6.03 Å². The largest absolute Gasteiger partial charge is 0.340 e. The van der Waals surface area contributed by atoms with Crippen LogP contribution in [-0.2, 0) is 11.2 Å². The van der Waals surface area contributed by atoms with Crippen molar-refractivity contribution in [1.29, 1.82) is 0 Å². The third-order valence-electron chi connectivity index (χ3n) is 4.69. The maximum Gasteiger partial charge on any atom is 0.315 e. The molecule has 0 saturated carbocycles. The Morgan fingerprint density at radius 3 is 2.52 bits per heavy atom. The molecular weight excluding hydrogens is 362 g/mol. The summed E-state index contributed by atoms with van der Waals surface area (Å²) in [6, 6.07) is 16.9. The molecule has 0 radical (unpaired) electrons. The topological polar surface area (TPSA) is 61.4 Å². The van der Waals surface area contributed by atoms with Crippen molar-refractivity contribution >= 4 is 23.5 Å². The first-order chi connectivity index (χ1) is 13.1. The number of nitrogens with one attached hydrogen (secondary N) is 2. The van der Waals surface area contributed by atoms with Gasteiger partial charge in [0.15, 0.2) is 0 Å². The van der Waals surface area contributed by atoms with Crippen LogP contribution < -0.4 is 10.6 Å². The number of benzene rings is 2. The molecule has 27 heavy (non-hydrogen) atoms. The van der Waals surface area contributed by atoms with Gasteiger partial charge in [0.25, 0.3) is 0 Å². The third kappa shape index (κ3) is 5.73. The monoisotopic (exact) mass is 385 g/mol. The van der Waals surface area contributed by atoms with Gasteiger partial charge in [0, 0.05) is 31.1 Å². The fourth-order valence-electron chi connectivity index (χ4n) is 3.22. The highest BCUT2D eigenvalue weighted by molar-refractivity contribution is 6.30. The van der Waals surface area contributed by atoms with E-state index in [9.17, 15) is 9.59 Å². The van der Waals surface area contributed by atoms with Crippen LogP contribution in [0.3, 0.4) is 0 Å². The molecule has 5 nitrogen and oxygen atoms in total. The fraction of sp³-hybridized carbons (Fsp3) is 0.333. The quantitative estimate of drug-likeness (QED) is 0.765. The Morgan fingerprint density at radius 2 is 1.85 bits per heavy atom. The van der Waals surface area contributed by atoms with Gasteiger partial charge in [-0.15, -0.1) is 0 Å². The van der Waals surface area contributed by atoms with E-state index in [1.54, 1.807) is 0 Å². The minimum Gasteiger partial charge on any atom is -0.340 e. The molecule has 2 aromatic rings. The van der Waals surface area contributed by atoms with E-state index in [0.717, 1.165) is 30.5 Å². The summed E-state index contributed by atoms with van der Waals surface area (Å²) in [7, 11) is 0. The number of nitrogens with zero attached hydrogens (tertiary/aromatic N) is 1. The average Bonchev–Trinajstić information content (AvgIpc) is 3.08. The molecule has 1 unspecified atom stereocenters. The van der Waals surface area contributed by atoms with E-state index in [4.69, 9.17) is 11.6 Å². The summed E-state index contributed by atoms with van der Waals surface area (Å²) >= 11 is 5.88. The van der Waals surface area contributed by atoms with Crippen LogP contribution in [0.2, 0.25) is 5.02 Å². The smallest absolute Gasteiger partial charge is 0.315 e. The standard InChI is InChI=1S/C21H24ClN3O2/c22-18-10-8-16(9-11-18)12-13-23-21(27)24-19(17-5-2-1-3-6-17)15-25-14-4-7-20(25)26/h1-3,5-6,8-11,19H,4,7,12-15H2,(H2,23,24,27). The summed E-state index contributed by atoms with van der Waals surface area (Å²) in [6.45, 7) is 1.77. The Kier molecular flexibility index (Phi) is 6.71. The summed E-state index contributed by atoms with van der Waals surface area (Å²) in [6.07, 6.45) is 2.20. The Balaban J connectivity index is 1.55. The van der Waals surface area contributed by atoms with E-state index in [1.807, 2.05) is 59.5 Å². The van der Waals surface area contributed by atoms with Crippen molar-refractivity contribution in [3.63, 3.8) is 0 Å². The molecule has 1 atom stereocenters. The van der Waals surface area contributed by atoms with E-state index in [0.29, 0.717) is 24.5 Å². The van der Waals surface area contributed by atoms with E-state index in [2.05, 4.69) is 10.6 Å². The van der Waals surface area contributed by atoms with E-state index in [-0.39, 0.29) is 18.0 Å². The number of rotatable bonds is 7. The molecule has 0 bridgehead atoms. The van der Waals surface area contributed by atoms with Crippen LogP contribution in [0.5, 0.6) is 0 Å². The molecule has 0 aromatic heterocycles. The number of likely N-dealkylation sites (tertiary alicyclic amines) is 1. The lowest BCUT2D eigenvalue weighted by Gasteiger charge is -2.25. The van der Waals surface area contributed by atoms with E-state index in [1.165, 1.54) is 0 Å². The molecule has 1 aliphatic rings. The Hall–Kier alpha value is -2.53. The van der Waals surface area contributed by atoms with Gasteiger partial charge in [-0.05, 0) is 36.1 Å². The van der Waals surface area contributed by atoms with Gasteiger partial charge in [-0.1, -0.05) is 54.1 Å². The van der Waals surface area contributed by atoms with Crippen LogP contribution in [0.25, 0.3) is 0 Å². The molecule has 1 saturated heterocycles. The van der Waals surface area contributed by atoms with Crippen LogP contribution >= 0.6 is 11.6 Å². The van der Waals surface area contributed by atoms with Crippen molar-refractivity contribution in [3.8, 4) is 0 Å². The first kappa shape index (κ1) is 19.2. The van der Waals surface area contributed by atoms with Crippen molar-refractivity contribution in [2.75, 3.05) is 19.6 Å². The van der Waals surface area contributed by atoms with Crippen LogP contribution in [0.15, 0.2) is 54.6 Å². The number of amides is 3. The summed E-state index contributed by atoms with van der Waals surface area (Å²) in [5, 5.41) is 6.61. The van der Waals surface area contributed by atoms with Crippen LogP contribution in [0, 0.1) is 0 Å². The van der Waals surface area contributed by atoms with Gasteiger partial charge in [0.1, 0.15) is 0 Å². The second kappa shape index (κ2) is 9.42. The van der Waals surface area contributed by atoms with Crippen LogP contribution in [0.1, 0.15) is 30.0 Å². The molecule has 6 heteroatoms. The summed E-state index contributed by atoms with van der Waals surface area (Å²) in [5.74, 6) is 0.154. The first-order valence-electron chi connectivity index (χ1n) is 9.23. The first-order valence-corrected chi connectivity index (χ1v) is 9.61. The molecule has 2 N–H and O–H groups in total. The number of hydrogen-bond acceptors (Lipinski definition) is 2. The Bertz CT molecular complexity index is 765. The maximum atomic E-state index is 12.4. The van der Waals surface area contributed by atoms with Gasteiger partial charge in [-0.2, -0.15) is 0 Å². The highest BCUT2D eigenvalue weighted by atomic mass is 35.5. The van der Waals surface area contributed by atoms with Gasteiger partial charge in [0.05, 0.1) is 6.04 Å². The van der Waals surface area contributed by atoms with E-state index < -0.39 is 0 Å². The lowest BCUT2D eigenvalue weighted by molar-refractivity contribution is -0.128. The molecule has 0 spiro atoms. The Labute approximate surface area is 164 Å². The number of urea groups is 1. The number of carbonyl (C=O) groups is 2. The number of carbonyl (C=O) groups excluding carboxylic acids is 2. The molecule has 1 fully saturated rings. The lowest BCUT2D eigenvalue weighted by atomic mass is 10.1. The van der Waals surface area contributed by atoms with Crippen molar-refractivity contribution in [2.45, 2.75) is 25.3 Å². The zero-order valence-corrected chi connectivity index (χ0v) is 15.9.